The molecule has 1 aliphatic rings. The molecule has 2 unspecified atom stereocenters. The van der Waals surface area contributed by atoms with Gasteiger partial charge >= 0.3 is 0 Å². The van der Waals surface area contributed by atoms with Gasteiger partial charge in [-0.05, 0) is 56.8 Å². The van der Waals surface area contributed by atoms with E-state index >= 15 is 0 Å². The Morgan fingerprint density at radius 1 is 1.27 bits per heavy atom. The molecule has 0 aliphatic carbocycles. The van der Waals surface area contributed by atoms with Crippen LogP contribution in [0.1, 0.15) is 56.0 Å². The van der Waals surface area contributed by atoms with Crippen molar-refractivity contribution in [3.63, 3.8) is 0 Å². The smallest absolute Gasteiger partial charge is 0.252 e. The number of amides is 2. The van der Waals surface area contributed by atoms with Crippen molar-refractivity contribution in [2.45, 2.75) is 59.0 Å². The zero-order valence-electron chi connectivity index (χ0n) is 16.5. The van der Waals surface area contributed by atoms with E-state index in [1.807, 2.05) is 25.1 Å². The van der Waals surface area contributed by atoms with E-state index in [2.05, 4.69) is 36.3 Å². The minimum atomic E-state index is -0.501. The van der Waals surface area contributed by atoms with E-state index < -0.39 is 6.04 Å². The van der Waals surface area contributed by atoms with E-state index in [9.17, 15) is 9.59 Å². The normalized spacial score (nSPS) is 18.7. The number of nitrogens with zero attached hydrogens (tertiary/aromatic N) is 1. The van der Waals surface area contributed by atoms with Crippen molar-refractivity contribution in [1.82, 2.24) is 15.5 Å². The molecule has 1 aromatic carbocycles. The highest BCUT2D eigenvalue weighted by Crippen LogP contribution is 2.16. The van der Waals surface area contributed by atoms with Crippen molar-refractivity contribution in [2.24, 2.45) is 5.92 Å². The van der Waals surface area contributed by atoms with Gasteiger partial charge in [-0.3, -0.25) is 14.5 Å². The molecule has 1 saturated heterocycles. The van der Waals surface area contributed by atoms with Gasteiger partial charge in [0.1, 0.15) is 6.04 Å². The molecule has 144 valence electrons. The number of carbonyl (C=O) groups excluding carboxylic acids is 2. The molecule has 1 aliphatic heterocycles. The van der Waals surface area contributed by atoms with E-state index in [0.717, 1.165) is 25.1 Å². The van der Waals surface area contributed by atoms with Gasteiger partial charge in [0.15, 0.2) is 0 Å². The Hall–Kier alpha value is -1.88. The first-order chi connectivity index (χ1) is 12.4. The van der Waals surface area contributed by atoms with E-state index in [1.54, 1.807) is 6.07 Å². The van der Waals surface area contributed by atoms with Crippen LogP contribution in [-0.4, -0.2) is 48.4 Å². The highest BCUT2D eigenvalue weighted by molar-refractivity contribution is 5.98. The molecule has 0 saturated carbocycles. The van der Waals surface area contributed by atoms with E-state index in [1.165, 1.54) is 6.42 Å². The van der Waals surface area contributed by atoms with Crippen molar-refractivity contribution in [3.05, 3.63) is 35.4 Å². The Morgan fingerprint density at radius 2 is 2.00 bits per heavy atom. The maximum atomic E-state index is 12.7. The summed E-state index contributed by atoms with van der Waals surface area (Å²) in [5.74, 6) is 0.0603. The second kappa shape index (κ2) is 9.72. The van der Waals surface area contributed by atoms with Crippen LogP contribution in [0.5, 0.6) is 0 Å². The predicted molar refractivity (Wildman–Crippen MR) is 105 cm³/mol. The summed E-state index contributed by atoms with van der Waals surface area (Å²) >= 11 is 0. The number of rotatable bonds is 8. The Labute approximate surface area is 157 Å². The molecule has 2 atom stereocenters. The lowest BCUT2D eigenvalue weighted by Gasteiger charge is -2.25. The highest BCUT2D eigenvalue weighted by atomic mass is 16.2. The van der Waals surface area contributed by atoms with Crippen molar-refractivity contribution in [3.8, 4) is 0 Å². The molecule has 1 aromatic rings. The van der Waals surface area contributed by atoms with Gasteiger partial charge in [0, 0.05) is 18.2 Å². The Bertz CT molecular complexity index is 615. The monoisotopic (exact) mass is 359 g/mol. The van der Waals surface area contributed by atoms with Crippen LogP contribution in [0, 0.1) is 12.8 Å². The molecule has 5 heteroatoms. The maximum absolute atomic E-state index is 12.7. The van der Waals surface area contributed by atoms with Crippen LogP contribution < -0.4 is 10.6 Å². The van der Waals surface area contributed by atoms with Crippen LogP contribution >= 0.6 is 0 Å². The van der Waals surface area contributed by atoms with Gasteiger partial charge in [0.25, 0.3) is 5.91 Å². The zero-order valence-corrected chi connectivity index (χ0v) is 16.5. The molecule has 1 fully saturated rings. The van der Waals surface area contributed by atoms with Crippen LogP contribution in [-0.2, 0) is 4.79 Å². The van der Waals surface area contributed by atoms with Crippen LogP contribution in [0.25, 0.3) is 0 Å². The lowest BCUT2D eigenvalue weighted by Crippen LogP contribution is -2.50. The first-order valence-corrected chi connectivity index (χ1v) is 9.80. The largest absolute Gasteiger partial charge is 0.353 e. The number of likely N-dealkylation sites (tertiary alicyclic amines) is 1. The molecule has 0 bridgehead atoms. The van der Waals surface area contributed by atoms with Crippen LogP contribution in [0.4, 0.5) is 0 Å². The summed E-state index contributed by atoms with van der Waals surface area (Å²) in [6.07, 6.45) is 2.94. The van der Waals surface area contributed by atoms with E-state index in [0.29, 0.717) is 30.5 Å². The third kappa shape index (κ3) is 5.56. The predicted octanol–water partition coefficient (Wildman–Crippen LogP) is 2.74. The summed E-state index contributed by atoms with van der Waals surface area (Å²) in [5.41, 5.74) is 1.54. The van der Waals surface area contributed by atoms with Gasteiger partial charge in [-0.2, -0.15) is 0 Å². The van der Waals surface area contributed by atoms with E-state index in [4.69, 9.17) is 0 Å². The van der Waals surface area contributed by atoms with Crippen LogP contribution in [0.2, 0.25) is 0 Å². The number of aryl methyl sites for hydroxylation is 1. The second-order valence-corrected chi connectivity index (χ2v) is 7.64. The first-order valence-electron chi connectivity index (χ1n) is 9.80. The van der Waals surface area contributed by atoms with Crippen molar-refractivity contribution in [1.29, 1.82) is 0 Å². The number of hydrogen-bond acceptors (Lipinski definition) is 3. The van der Waals surface area contributed by atoms with Crippen LogP contribution in [0.3, 0.4) is 0 Å². The molecule has 26 heavy (non-hydrogen) atoms. The third-order valence-electron chi connectivity index (χ3n) is 5.14. The summed E-state index contributed by atoms with van der Waals surface area (Å²) in [7, 11) is 0. The second-order valence-electron chi connectivity index (χ2n) is 7.64. The quantitative estimate of drug-likeness (QED) is 0.750. The molecule has 0 radical (unpaired) electrons. The molecule has 2 N–H and O–H groups in total. The first kappa shape index (κ1) is 20.4. The SMILES string of the molecule is CCN1CCCC1CNC(=O)C(CC(C)C)NC(=O)c1ccccc1C. The highest BCUT2D eigenvalue weighted by Gasteiger charge is 2.26. The Balaban J connectivity index is 1.98. The fraction of sp³-hybridized carbons (Fsp3) is 0.619. The zero-order chi connectivity index (χ0) is 19.1. The summed E-state index contributed by atoms with van der Waals surface area (Å²) in [5, 5.41) is 6.01. The average molecular weight is 360 g/mol. The summed E-state index contributed by atoms with van der Waals surface area (Å²) in [6, 6.07) is 7.37. The molecule has 0 aromatic heterocycles. The maximum Gasteiger partial charge on any atom is 0.252 e. The van der Waals surface area contributed by atoms with Crippen molar-refractivity contribution >= 4 is 11.8 Å². The standard InChI is InChI=1S/C21H33N3O2/c1-5-24-12-8-10-17(24)14-22-21(26)19(13-15(2)3)23-20(25)18-11-7-6-9-16(18)4/h6-7,9,11,15,17,19H,5,8,10,12-14H2,1-4H3,(H,22,26)(H,23,25). The van der Waals surface area contributed by atoms with Gasteiger partial charge in [0.05, 0.1) is 0 Å². The Kier molecular flexibility index (Phi) is 7.64. The molecule has 2 amide bonds. The summed E-state index contributed by atoms with van der Waals surface area (Å²) in [6.45, 7) is 11.0. The molecule has 1 heterocycles. The topological polar surface area (TPSA) is 61.4 Å². The molecule has 5 nitrogen and oxygen atoms in total. The van der Waals surface area contributed by atoms with Gasteiger partial charge in [-0.1, -0.05) is 39.0 Å². The molecule has 0 spiro atoms. The molecule has 2 rings (SSSR count). The van der Waals surface area contributed by atoms with Gasteiger partial charge in [0.2, 0.25) is 5.91 Å². The van der Waals surface area contributed by atoms with Crippen molar-refractivity contribution in [2.75, 3.05) is 19.6 Å². The molecular weight excluding hydrogens is 326 g/mol. The summed E-state index contributed by atoms with van der Waals surface area (Å²) in [4.78, 5) is 27.8. The van der Waals surface area contributed by atoms with Gasteiger partial charge in [-0.15, -0.1) is 0 Å². The van der Waals surface area contributed by atoms with E-state index in [-0.39, 0.29) is 11.8 Å². The lowest BCUT2D eigenvalue weighted by atomic mass is 10.0. The number of benzene rings is 1. The fourth-order valence-corrected chi connectivity index (χ4v) is 3.65. The van der Waals surface area contributed by atoms with Gasteiger partial charge in [-0.25, -0.2) is 0 Å². The van der Waals surface area contributed by atoms with Gasteiger partial charge < -0.3 is 10.6 Å². The van der Waals surface area contributed by atoms with Crippen LogP contribution in [0.15, 0.2) is 24.3 Å². The van der Waals surface area contributed by atoms with Crippen molar-refractivity contribution < 1.29 is 9.59 Å². The number of likely N-dealkylation sites (N-methyl/N-ethyl adjacent to an activating group) is 1. The lowest BCUT2D eigenvalue weighted by molar-refractivity contribution is -0.123. The average Bonchev–Trinajstić information content (AvgIpc) is 3.06. The minimum absolute atomic E-state index is 0.0800. The molecular formula is C21H33N3O2. The number of nitrogens with one attached hydrogen (secondary N) is 2. The minimum Gasteiger partial charge on any atom is -0.353 e. The number of carbonyl (C=O) groups is 2. The number of hydrogen-bond donors (Lipinski definition) is 2. The Morgan fingerprint density at radius 3 is 2.65 bits per heavy atom. The summed E-state index contributed by atoms with van der Waals surface area (Å²) < 4.78 is 0. The third-order valence-corrected chi connectivity index (χ3v) is 5.14. The fourth-order valence-electron chi connectivity index (χ4n) is 3.65.